The summed E-state index contributed by atoms with van der Waals surface area (Å²) in [4.78, 5) is 8.33. The Hall–Kier alpha value is -1.32. The second-order valence-corrected chi connectivity index (χ2v) is 4.34. The van der Waals surface area contributed by atoms with E-state index in [1.165, 1.54) is 0 Å². The summed E-state index contributed by atoms with van der Waals surface area (Å²) >= 11 is 12.0. The van der Waals surface area contributed by atoms with Gasteiger partial charge in [-0.25, -0.2) is 9.97 Å². The first kappa shape index (κ1) is 12.1. The van der Waals surface area contributed by atoms with Gasteiger partial charge in [-0.05, 0) is 25.1 Å². The van der Waals surface area contributed by atoms with Gasteiger partial charge in [0.05, 0.1) is 28.0 Å². The van der Waals surface area contributed by atoms with Crippen LogP contribution >= 0.6 is 23.2 Å². The van der Waals surface area contributed by atoms with Gasteiger partial charge in [0, 0.05) is 6.20 Å². The zero-order chi connectivity index (χ0) is 12.3. The third-order valence-electron chi connectivity index (χ3n) is 2.25. The second kappa shape index (κ2) is 5.34. The van der Waals surface area contributed by atoms with Gasteiger partial charge in [-0.2, -0.15) is 0 Å². The lowest BCUT2D eigenvalue weighted by Gasteiger charge is -2.08. The summed E-state index contributed by atoms with van der Waals surface area (Å²) in [5.41, 5.74) is 1.71. The van der Waals surface area contributed by atoms with Crippen LogP contribution < -0.4 is 5.32 Å². The minimum absolute atomic E-state index is 0.528. The van der Waals surface area contributed by atoms with E-state index in [4.69, 9.17) is 23.2 Å². The number of hydrogen-bond donors (Lipinski definition) is 1. The Morgan fingerprint density at radius 2 is 2.06 bits per heavy atom. The van der Waals surface area contributed by atoms with Gasteiger partial charge < -0.3 is 5.32 Å². The van der Waals surface area contributed by atoms with Crippen molar-refractivity contribution in [1.29, 1.82) is 0 Å². The normalized spacial score (nSPS) is 10.3. The number of aryl methyl sites for hydroxylation is 1. The van der Waals surface area contributed by atoms with E-state index in [1.54, 1.807) is 12.3 Å². The number of benzene rings is 1. The molecular formula is C12H11Cl2N3. The van der Waals surface area contributed by atoms with Crippen molar-refractivity contribution < 1.29 is 0 Å². The third kappa shape index (κ3) is 3.08. The van der Waals surface area contributed by atoms with Crippen LogP contribution in [0.1, 0.15) is 11.5 Å². The molecule has 0 aliphatic rings. The molecule has 0 saturated heterocycles. The van der Waals surface area contributed by atoms with Gasteiger partial charge in [0.25, 0.3) is 0 Å². The molecule has 0 spiro atoms. The first-order chi connectivity index (χ1) is 8.16. The highest BCUT2D eigenvalue weighted by molar-refractivity contribution is 6.43. The standard InChI is InChI=1S/C12H11Cl2N3/c1-8-15-6-5-9(17-8)7-16-11-4-2-3-10(13)12(11)14/h2-6,16H,7H2,1H3. The fraction of sp³-hybridized carbons (Fsp3) is 0.167. The Morgan fingerprint density at radius 3 is 2.82 bits per heavy atom. The maximum atomic E-state index is 6.06. The molecule has 88 valence electrons. The van der Waals surface area contributed by atoms with Crippen LogP contribution in [-0.2, 0) is 6.54 Å². The van der Waals surface area contributed by atoms with Crippen molar-refractivity contribution in [3.8, 4) is 0 Å². The molecule has 1 aromatic heterocycles. The van der Waals surface area contributed by atoms with E-state index in [2.05, 4.69) is 15.3 Å². The lowest BCUT2D eigenvalue weighted by Crippen LogP contribution is -2.03. The molecule has 2 rings (SSSR count). The molecule has 0 fully saturated rings. The van der Waals surface area contributed by atoms with Crippen LogP contribution in [0.3, 0.4) is 0 Å². The lowest BCUT2D eigenvalue weighted by atomic mass is 10.3. The number of nitrogens with one attached hydrogen (secondary N) is 1. The van der Waals surface area contributed by atoms with Crippen LogP contribution in [0.5, 0.6) is 0 Å². The summed E-state index contributed by atoms with van der Waals surface area (Å²) < 4.78 is 0. The molecule has 17 heavy (non-hydrogen) atoms. The largest absolute Gasteiger partial charge is 0.378 e. The van der Waals surface area contributed by atoms with E-state index in [9.17, 15) is 0 Å². The summed E-state index contributed by atoms with van der Waals surface area (Å²) in [5, 5.41) is 4.26. The van der Waals surface area contributed by atoms with Crippen LogP contribution in [0.25, 0.3) is 0 Å². The number of aromatic nitrogens is 2. The smallest absolute Gasteiger partial charge is 0.125 e. The summed E-state index contributed by atoms with van der Waals surface area (Å²) in [6.45, 7) is 2.44. The van der Waals surface area contributed by atoms with Crippen molar-refractivity contribution in [3.63, 3.8) is 0 Å². The molecule has 1 heterocycles. The average Bonchev–Trinajstić information content (AvgIpc) is 2.31. The predicted octanol–water partition coefficient (Wildman–Crippen LogP) is 3.70. The number of hydrogen-bond acceptors (Lipinski definition) is 3. The van der Waals surface area contributed by atoms with Crippen LogP contribution in [0.15, 0.2) is 30.5 Å². The van der Waals surface area contributed by atoms with Crippen molar-refractivity contribution in [1.82, 2.24) is 9.97 Å². The minimum atomic E-state index is 0.528. The van der Waals surface area contributed by atoms with Crippen LogP contribution in [0, 0.1) is 6.92 Å². The van der Waals surface area contributed by atoms with E-state index in [0.717, 1.165) is 17.2 Å². The van der Waals surface area contributed by atoms with Gasteiger partial charge in [-0.3, -0.25) is 0 Å². The van der Waals surface area contributed by atoms with E-state index < -0.39 is 0 Å². The number of halogens is 2. The van der Waals surface area contributed by atoms with Crippen LogP contribution in [0.4, 0.5) is 5.69 Å². The van der Waals surface area contributed by atoms with Crippen LogP contribution in [0.2, 0.25) is 10.0 Å². The molecule has 3 nitrogen and oxygen atoms in total. The summed E-state index contributed by atoms with van der Waals surface area (Å²) in [6, 6.07) is 7.34. The molecule has 1 aromatic carbocycles. The van der Waals surface area contributed by atoms with Crippen molar-refractivity contribution in [2.24, 2.45) is 0 Å². The molecular weight excluding hydrogens is 257 g/mol. The first-order valence-electron chi connectivity index (χ1n) is 5.13. The minimum Gasteiger partial charge on any atom is -0.378 e. The van der Waals surface area contributed by atoms with Crippen molar-refractivity contribution in [3.05, 3.63) is 52.0 Å². The fourth-order valence-electron chi connectivity index (χ4n) is 1.43. The fourth-order valence-corrected chi connectivity index (χ4v) is 1.80. The molecule has 5 heteroatoms. The van der Waals surface area contributed by atoms with E-state index >= 15 is 0 Å². The van der Waals surface area contributed by atoms with Crippen molar-refractivity contribution in [2.45, 2.75) is 13.5 Å². The second-order valence-electron chi connectivity index (χ2n) is 3.55. The molecule has 2 aromatic rings. The zero-order valence-electron chi connectivity index (χ0n) is 9.24. The molecule has 0 saturated carbocycles. The molecule has 0 aliphatic heterocycles. The highest BCUT2D eigenvalue weighted by Crippen LogP contribution is 2.29. The first-order valence-corrected chi connectivity index (χ1v) is 5.89. The molecule has 0 amide bonds. The lowest BCUT2D eigenvalue weighted by molar-refractivity contribution is 0.955. The topological polar surface area (TPSA) is 37.8 Å². The highest BCUT2D eigenvalue weighted by atomic mass is 35.5. The van der Waals surface area contributed by atoms with E-state index in [-0.39, 0.29) is 0 Å². The average molecular weight is 268 g/mol. The molecule has 0 aliphatic carbocycles. The summed E-state index contributed by atoms with van der Waals surface area (Å²) in [5.74, 6) is 0.751. The van der Waals surface area contributed by atoms with E-state index in [1.807, 2.05) is 25.1 Å². The van der Waals surface area contributed by atoms with Crippen molar-refractivity contribution in [2.75, 3.05) is 5.32 Å². The third-order valence-corrected chi connectivity index (χ3v) is 3.06. The Labute approximate surface area is 110 Å². The van der Waals surface area contributed by atoms with Gasteiger partial charge in [0.2, 0.25) is 0 Å². The Bertz CT molecular complexity index is 529. The molecule has 0 radical (unpaired) electrons. The highest BCUT2D eigenvalue weighted by Gasteiger charge is 2.04. The van der Waals surface area contributed by atoms with Gasteiger partial charge in [0.15, 0.2) is 0 Å². The van der Waals surface area contributed by atoms with Gasteiger partial charge in [-0.15, -0.1) is 0 Å². The van der Waals surface area contributed by atoms with Gasteiger partial charge in [0.1, 0.15) is 5.82 Å². The van der Waals surface area contributed by atoms with Gasteiger partial charge in [-0.1, -0.05) is 29.3 Å². The number of nitrogens with zero attached hydrogens (tertiary/aromatic N) is 2. The quantitative estimate of drug-likeness (QED) is 0.922. The zero-order valence-corrected chi connectivity index (χ0v) is 10.8. The van der Waals surface area contributed by atoms with Crippen molar-refractivity contribution >= 4 is 28.9 Å². The molecule has 1 N–H and O–H groups in total. The van der Waals surface area contributed by atoms with Crippen LogP contribution in [-0.4, -0.2) is 9.97 Å². The predicted molar refractivity (Wildman–Crippen MR) is 70.6 cm³/mol. The number of anilines is 1. The molecule has 0 atom stereocenters. The summed E-state index contributed by atoms with van der Waals surface area (Å²) in [7, 11) is 0. The maximum absolute atomic E-state index is 6.06. The monoisotopic (exact) mass is 267 g/mol. The molecule has 0 unspecified atom stereocenters. The SMILES string of the molecule is Cc1nccc(CNc2cccc(Cl)c2Cl)n1. The Balaban J connectivity index is 2.10. The Morgan fingerprint density at radius 1 is 1.24 bits per heavy atom. The molecule has 0 bridgehead atoms. The van der Waals surface area contributed by atoms with Gasteiger partial charge >= 0.3 is 0 Å². The summed E-state index contributed by atoms with van der Waals surface area (Å²) in [6.07, 6.45) is 1.74. The Kier molecular flexibility index (Phi) is 3.82. The van der Waals surface area contributed by atoms with E-state index in [0.29, 0.717) is 16.6 Å². The maximum Gasteiger partial charge on any atom is 0.125 e. The number of rotatable bonds is 3.